The standard InChI is InChI=1S/C38H33NO4S/c1-26-20-23-30(24-21-26)44(41,42)39-34-19-11-10-18-32(34)36(37(39)28-13-4-2-5-14-28)35-31-17-9-8-12-27(31)22-25-33(35)38(40)43-29-15-6-3-7-16-29/h2,4-5,8-14,17-25,29H,3,6-7,15-16H2,1H3. The van der Waals surface area contributed by atoms with Crippen molar-refractivity contribution in [2.45, 2.75) is 50.0 Å². The summed E-state index contributed by atoms with van der Waals surface area (Å²) in [6, 6.07) is 35.7. The number of rotatable bonds is 6. The lowest BCUT2D eigenvalue weighted by molar-refractivity contribution is 0.0212. The first-order valence-electron chi connectivity index (χ1n) is 15.2. The lowest BCUT2D eigenvalue weighted by atomic mass is 9.90. The lowest BCUT2D eigenvalue weighted by Gasteiger charge is -2.23. The summed E-state index contributed by atoms with van der Waals surface area (Å²) in [7, 11) is -4.06. The first-order chi connectivity index (χ1) is 21.4. The molecule has 1 aliphatic carbocycles. The zero-order valence-corrected chi connectivity index (χ0v) is 25.4. The summed E-state index contributed by atoms with van der Waals surface area (Å²) in [5.74, 6) is -0.380. The summed E-state index contributed by atoms with van der Waals surface area (Å²) < 4.78 is 36.8. The van der Waals surface area contributed by atoms with Crippen molar-refractivity contribution in [3.8, 4) is 22.4 Å². The molecule has 0 N–H and O–H groups in total. The van der Waals surface area contributed by atoms with Gasteiger partial charge in [-0.05, 0) is 73.2 Å². The zero-order valence-electron chi connectivity index (χ0n) is 24.6. The summed E-state index contributed by atoms with van der Waals surface area (Å²) in [5, 5.41) is 2.55. The molecule has 0 atom stereocenters. The van der Waals surface area contributed by atoms with Gasteiger partial charge in [0, 0.05) is 16.5 Å². The predicted molar refractivity (Wildman–Crippen MR) is 176 cm³/mol. The van der Waals surface area contributed by atoms with Crippen molar-refractivity contribution < 1.29 is 17.9 Å². The molecule has 0 bridgehead atoms. The average molecular weight is 600 g/mol. The third-order valence-corrected chi connectivity index (χ3v) is 10.4. The average Bonchev–Trinajstić information content (AvgIpc) is 3.41. The Hall–Kier alpha value is -4.68. The SMILES string of the molecule is Cc1ccc(S(=O)(=O)n2c(-c3ccccc3)c(-c3c(C(=O)OC4CCCCC4)ccc4ccccc34)c3ccccc32)cc1. The Morgan fingerprint density at radius 1 is 0.705 bits per heavy atom. The summed E-state index contributed by atoms with van der Waals surface area (Å²) in [4.78, 5) is 14.2. The van der Waals surface area contributed by atoms with Crippen molar-refractivity contribution in [1.82, 2.24) is 3.97 Å². The summed E-state index contributed by atoms with van der Waals surface area (Å²) in [6.45, 7) is 1.93. The van der Waals surface area contributed by atoms with Gasteiger partial charge >= 0.3 is 5.97 Å². The Labute approximate surface area is 257 Å². The van der Waals surface area contributed by atoms with Crippen LogP contribution in [0.2, 0.25) is 0 Å². The fourth-order valence-electron chi connectivity index (χ4n) is 6.50. The minimum absolute atomic E-state index is 0.118. The van der Waals surface area contributed by atoms with Crippen molar-refractivity contribution >= 4 is 37.7 Å². The van der Waals surface area contributed by atoms with Gasteiger partial charge in [-0.15, -0.1) is 0 Å². The molecule has 0 amide bonds. The number of fused-ring (bicyclic) bond motifs is 2. The maximum Gasteiger partial charge on any atom is 0.339 e. The van der Waals surface area contributed by atoms with Crippen molar-refractivity contribution in [3.05, 3.63) is 126 Å². The number of aryl methyl sites for hydroxylation is 1. The summed E-state index contributed by atoms with van der Waals surface area (Å²) in [6.07, 6.45) is 4.85. The fourth-order valence-corrected chi connectivity index (χ4v) is 8.04. The number of nitrogens with zero attached hydrogens (tertiary/aromatic N) is 1. The molecular formula is C38H33NO4S. The number of carbonyl (C=O) groups is 1. The van der Waals surface area contributed by atoms with Crippen LogP contribution in [0.1, 0.15) is 48.0 Å². The predicted octanol–water partition coefficient (Wildman–Crippen LogP) is 9.16. The van der Waals surface area contributed by atoms with E-state index in [9.17, 15) is 13.2 Å². The van der Waals surface area contributed by atoms with Crippen LogP contribution in [0, 0.1) is 6.92 Å². The van der Waals surface area contributed by atoms with Crippen LogP contribution in [0.25, 0.3) is 44.1 Å². The second kappa shape index (κ2) is 11.4. The maximum absolute atomic E-state index is 14.6. The van der Waals surface area contributed by atoms with E-state index in [-0.39, 0.29) is 17.0 Å². The highest BCUT2D eigenvalue weighted by atomic mass is 32.2. The quantitative estimate of drug-likeness (QED) is 0.179. The van der Waals surface area contributed by atoms with Crippen molar-refractivity contribution in [2.75, 3.05) is 0 Å². The van der Waals surface area contributed by atoms with Gasteiger partial charge in [0.25, 0.3) is 10.0 Å². The van der Waals surface area contributed by atoms with Crippen LogP contribution in [0.4, 0.5) is 0 Å². The Kier molecular flexibility index (Phi) is 7.31. The van der Waals surface area contributed by atoms with Gasteiger partial charge in [0.1, 0.15) is 6.10 Å². The molecule has 5 nitrogen and oxygen atoms in total. The van der Waals surface area contributed by atoms with E-state index < -0.39 is 10.0 Å². The van der Waals surface area contributed by atoms with E-state index in [1.807, 2.05) is 110 Å². The van der Waals surface area contributed by atoms with Gasteiger partial charge in [-0.2, -0.15) is 0 Å². The molecule has 1 fully saturated rings. The van der Waals surface area contributed by atoms with Crippen molar-refractivity contribution in [2.24, 2.45) is 0 Å². The number of para-hydroxylation sites is 1. The minimum Gasteiger partial charge on any atom is -0.459 e. The maximum atomic E-state index is 14.6. The van der Waals surface area contributed by atoms with E-state index in [1.54, 1.807) is 12.1 Å². The Morgan fingerprint density at radius 2 is 1.36 bits per heavy atom. The zero-order chi connectivity index (χ0) is 30.3. The molecule has 6 aromatic rings. The Morgan fingerprint density at radius 3 is 2.11 bits per heavy atom. The molecule has 220 valence electrons. The van der Waals surface area contributed by atoms with Crippen LogP contribution >= 0.6 is 0 Å². The first-order valence-corrected chi connectivity index (χ1v) is 16.6. The van der Waals surface area contributed by atoms with Gasteiger partial charge in [0.2, 0.25) is 0 Å². The summed E-state index contributed by atoms with van der Waals surface area (Å²) in [5.41, 5.74) is 4.56. The molecular weight excluding hydrogens is 566 g/mol. The monoisotopic (exact) mass is 599 g/mol. The molecule has 0 aliphatic heterocycles. The number of benzene rings is 5. The molecule has 1 aromatic heterocycles. The topological polar surface area (TPSA) is 65.4 Å². The van der Waals surface area contributed by atoms with E-state index in [1.165, 1.54) is 3.97 Å². The number of hydrogen-bond acceptors (Lipinski definition) is 4. The van der Waals surface area contributed by atoms with Gasteiger partial charge in [-0.25, -0.2) is 17.2 Å². The normalized spacial score (nSPS) is 14.2. The molecule has 7 rings (SSSR count). The second-order valence-corrected chi connectivity index (χ2v) is 13.4. The highest BCUT2D eigenvalue weighted by Gasteiger charge is 2.32. The third-order valence-electron chi connectivity index (χ3n) is 8.66. The van der Waals surface area contributed by atoms with Crippen molar-refractivity contribution in [3.63, 3.8) is 0 Å². The highest BCUT2D eigenvalue weighted by Crippen LogP contribution is 2.46. The largest absolute Gasteiger partial charge is 0.459 e. The lowest BCUT2D eigenvalue weighted by Crippen LogP contribution is -2.21. The van der Waals surface area contributed by atoms with Crippen LogP contribution in [-0.4, -0.2) is 24.5 Å². The van der Waals surface area contributed by atoms with Gasteiger partial charge in [-0.1, -0.05) is 103 Å². The molecule has 1 saturated carbocycles. The fraction of sp³-hybridized carbons (Fsp3) is 0.184. The van der Waals surface area contributed by atoms with Crippen LogP contribution in [-0.2, 0) is 14.8 Å². The number of carbonyl (C=O) groups excluding carboxylic acids is 1. The molecule has 5 aromatic carbocycles. The smallest absolute Gasteiger partial charge is 0.339 e. The highest BCUT2D eigenvalue weighted by molar-refractivity contribution is 7.90. The van der Waals surface area contributed by atoms with Gasteiger partial charge < -0.3 is 4.74 Å². The van der Waals surface area contributed by atoms with Crippen LogP contribution in [0.5, 0.6) is 0 Å². The van der Waals surface area contributed by atoms with E-state index in [0.29, 0.717) is 27.9 Å². The molecule has 0 radical (unpaired) electrons. The molecule has 0 saturated heterocycles. The third kappa shape index (κ3) is 4.89. The number of ether oxygens (including phenoxy) is 1. The Balaban J connectivity index is 1.58. The second-order valence-electron chi connectivity index (χ2n) is 11.6. The summed E-state index contributed by atoms with van der Waals surface area (Å²) >= 11 is 0. The number of esters is 1. The van der Waals surface area contributed by atoms with E-state index in [2.05, 4.69) is 0 Å². The van der Waals surface area contributed by atoms with Crippen LogP contribution in [0.15, 0.2) is 120 Å². The minimum atomic E-state index is -4.06. The van der Waals surface area contributed by atoms with Crippen LogP contribution in [0.3, 0.4) is 0 Å². The molecule has 1 aliphatic rings. The van der Waals surface area contributed by atoms with Gasteiger partial charge in [0.15, 0.2) is 0 Å². The molecule has 0 spiro atoms. The molecule has 44 heavy (non-hydrogen) atoms. The molecule has 6 heteroatoms. The number of aromatic nitrogens is 1. The van der Waals surface area contributed by atoms with Gasteiger partial charge in [-0.3, -0.25) is 0 Å². The van der Waals surface area contributed by atoms with Gasteiger partial charge in [0.05, 0.1) is 21.7 Å². The van der Waals surface area contributed by atoms with E-state index in [0.717, 1.165) is 59.4 Å². The number of hydrogen-bond donors (Lipinski definition) is 0. The first kappa shape index (κ1) is 28.1. The molecule has 0 unspecified atom stereocenters. The van der Waals surface area contributed by atoms with E-state index >= 15 is 0 Å². The van der Waals surface area contributed by atoms with Crippen molar-refractivity contribution in [1.29, 1.82) is 0 Å². The van der Waals surface area contributed by atoms with E-state index in [4.69, 9.17) is 4.74 Å². The Bertz CT molecular complexity index is 2110. The molecule has 1 heterocycles. The van der Waals surface area contributed by atoms with Crippen LogP contribution < -0.4 is 0 Å².